The van der Waals surface area contributed by atoms with E-state index in [2.05, 4.69) is 0 Å². The molecule has 0 radical (unpaired) electrons. The summed E-state index contributed by atoms with van der Waals surface area (Å²) in [6.45, 7) is 0.854. The van der Waals surface area contributed by atoms with Crippen molar-refractivity contribution >= 4 is 0 Å². The van der Waals surface area contributed by atoms with Crippen molar-refractivity contribution in [2.75, 3.05) is 6.54 Å². The number of hydrogen-bond acceptors (Lipinski definition) is 2. The van der Waals surface area contributed by atoms with Crippen LogP contribution < -0.4 is 5.73 Å². The second-order valence-corrected chi connectivity index (χ2v) is 6.76. The van der Waals surface area contributed by atoms with Crippen LogP contribution in [0.1, 0.15) is 89.0 Å². The first-order valence-corrected chi connectivity index (χ1v) is 9.81. The molecule has 0 atom stereocenters. The molecule has 0 amide bonds. The Labute approximate surface area is 143 Å². The molecule has 2 nitrogen and oxygen atoms in total. The van der Waals surface area contributed by atoms with Crippen LogP contribution in [0.15, 0.2) is 24.3 Å². The summed E-state index contributed by atoms with van der Waals surface area (Å²) >= 11 is 0. The van der Waals surface area contributed by atoms with E-state index in [-0.39, 0.29) is 0 Å². The summed E-state index contributed by atoms with van der Waals surface area (Å²) in [5, 5.41) is 9.71. The lowest BCUT2D eigenvalue weighted by atomic mass is 10.0. The van der Waals surface area contributed by atoms with Gasteiger partial charge in [0.25, 0.3) is 0 Å². The summed E-state index contributed by atoms with van der Waals surface area (Å²) in [5.41, 5.74) is 6.59. The van der Waals surface area contributed by atoms with E-state index >= 15 is 0 Å². The third kappa shape index (κ3) is 11.2. The number of para-hydroxylation sites is 1. The quantitative estimate of drug-likeness (QED) is 0.391. The zero-order valence-electron chi connectivity index (χ0n) is 14.9. The van der Waals surface area contributed by atoms with E-state index < -0.39 is 0 Å². The second-order valence-electron chi connectivity index (χ2n) is 6.76. The van der Waals surface area contributed by atoms with Crippen LogP contribution in [0.2, 0.25) is 0 Å². The van der Waals surface area contributed by atoms with Crippen LogP contribution in [0, 0.1) is 0 Å². The highest BCUT2D eigenvalue weighted by Crippen LogP contribution is 2.19. The number of benzene rings is 1. The molecule has 1 aromatic carbocycles. The SMILES string of the molecule is NCCCCCCCCCCCCCCCc1ccccc1O. The Bertz CT molecular complexity index is 378. The van der Waals surface area contributed by atoms with E-state index in [1.54, 1.807) is 6.07 Å². The highest BCUT2D eigenvalue weighted by Gasteiger charge is 1.99. The largest absolute Gasteiger partial charge is 0.508 e. The average Bonchev–Trinajstić information content (AvgIpc) is 2.57. The van der Waals surface area contributed by atoms with Gasteiger partial charge in [-0.25, -0.2) is 0 Å². The van der Waals surface area contributed by atoms with Gasteiger partial charge in [-0.1, -0.05) is 88.8 Å². The van der Waals surface area contributed by atoms with Gasteiger partial charge in [0.15, 0.2) is 0 Å². The molecule has 2 heteroatoms. The topological polar surface area (TPSA) is 46.2 Å². The Kier molecular flexibility index (Phi) is 12.7. The lowest BCUT2D eigenvalue weighted by Crippen LogP contribution is -1.97. The van der Waals surface area contributed by atoms with Crippen LogP contribution in [0.25, 0.3) is 0 Å². The molecule has 0 spiro atoms. The van der Waals surface area contributed by atoms with Crippen LogP contribution in [0.3, 0.4) is 0 Å². The number of phenolic OH excluding ortho intramolecular Hbond substituents is 1. The Morgan fingerprint density at radius 3 is 1.52 bits per heavy atom. The Balaban J connectivity index is 1.79. The van der Waals surface area contributed by atoms with E-state index in [1.165, 1.54) is 83.5 Å². The van der Waals surface area contributed by atoms with Crippen LogP contribution >= 0.6 is 0 Å². The molecule has 23 heavy (non-hydrogen) atoms. The van der Waals surface area contributed by atoms with E-state index in [0.717, 1.165) is 18.5 Å². The van der Waals surface area contributed by atoms with Gasteiger partial charge in [-0.15, -0.1) is 0 Å². The van der Waals surface area contributed by atoms with Crippen LogP contribution in [0.4, 0.5) is 0 Å². The molecule has 1 aromatic rings. The van der Waals surface area contributed by atoms with Crippen LogP contribution in [0.5, 0.6) is 5.75 Å². The third-order valence-corrected chi connectivity index (χ3v) is 4.64. The maximum Gasteiger partial charge on any atom is 0.118 e. The molecule has 0 fully saturated rings. The smallest absolute Gasteiger partial charge is 0.118 e. The molecule has 0 aliphatic carbocycles. The van der Waals surface area contributed by atoms with Crippen LogP contribution in [-0.4, -0.2) is 11.7 Å². The number of hydrogen-bond donors (Lipinski definition) is 2. The third-order valence-electron chi connectivity index (χ3n) is 4.64. The maximum absolute atomic E-state index is 9.71. The minimum atomic E-state index is 0.454. The normalized spacial score (nSPS) is 11.0. The highest BCUT2D eigenvalue weighted by atomic mass is 16.3. The molecule has 0 aliphatic heterocycles. The Morgan fingerprint density at radius 2 is 1.04 bits per heavy atom. The zero-order chi connectivity index (χ0) is 16.6. The van der Waals surface area contributed by atoms with Crippen molar-refractivity contribution in [3.8, 4) is 5.75 Å². The van der Waals surface area contributed by atoms with Crippen molar-refractivity contribution in [2.45, 2.75) is 89.9 Å². The average molecular weight is 320 g/mol. The van der Waals surface area contributed by atoms with Gasteiger partial charge in [-0.3, -0.25) is 0 Å². The first-order valence-electron chi connectivity index (χ1n) is 9.81. The first kappa shape index (κ1) is 20.0. The summed E-state index contributed by atoms with van der Waals surface area (Å²) in [5.74, 6) is 0.454. The maximum atomic E-state index is 9.71. The molecular formula is C21H37NO. The number of nitrogens with two attached hydrogens (primary N) is 1. The fourth-order valence-corrected chi connectivity index (χ4v) is 3.13. The van der Waals surface area contributed by atoms with Gasteiger partial charge >= 0.3 is 0 Å². The lowest BCUT2D eigenvalue weighted by molar-refractivity contribution is 0.466. The van der Waals surface area contributed by atoms with E-state index in [9.17, 15) is 5.11 Å². The van der Waals surface area contributed by atoms with E-state index in [0.29, 0.717) is 5.75 Å². The van der Waals surface area contributed by atoms with E-state index in [1.807, 2.05) is 18.2 Å². The van der Waals surface area contributed by atoms with Gasteiger partial charge in [0.05, 0.1) is 0 Å². The molecule has 0 aromatic heterocycles. The number of rotatable bonds is 15. The zero-order valence-corrected chi connectivity index (χ0v) is 14.9. The van der Waals surface area contributed by atoms with Crippen molar-refractivity contribution in [3.63, 3.8) is 0 Å². The van der Waals surface area contributed by atoms with Gasteiger partial charge in [0.1, 0.15) is 5.75 Å². The molecule has 0 unspecified atom stereocenters. The molecule has 1 rings (SSSR count). The summed E-state index contributed by atoms with van der Waals surface area (Å²) in [7, 11) is 0. The molecule has 3 N–H and O–H groups in total. The highest BCUT2D eigenvalue weighted by molar-refractivity contribution is 5.31. The van der Waals surface area contributed by atoms with Gasteiger partial charge in [-0.2, -0.15) is 0 Å². The van der Waals surface area contributed by atoms with Crippen molar-refractivity contribution in [2.24, 2.45) is 5.73 Å². The lowest BCUT2D eigenvalue weighted by Gasteiger charge is -2.05. The second kappa shape index (κ2) is 14.6. The fraction of sp³-hybridized carbons (Fsp3) is 0.714. The molecule has 0 heterocycles. The molecule has 0 saturated carbocycles. The number of phenols is 1. The fourth-order valence-electron chi connectivity index (χ4n) is 3.13. The van der Waals surface area contributed by atoms with Gasteiger partial charge in [-0.05, 0) is 37.4 Å². The predicted molar refractivity (Wildman–Crippen MR) is 101 cm³/mol. The first-order chi connectivity index (χ1) is 11.3. The molecule has 132 valence electrons. The van der Waals surface area contributed by atoms with Crippen LogP contribution in [-0.2, 0) is 6.42 Å². The molecular weight excluding hydrogens is 282 g/mol. The number of aromatic hydroxyl groups is 1. The van der Waals surface area contributed by atoms with Crippen molar-refractivity contribution in [3.05, 3.63) is 29.8 Å². The van der Waals surface area contributed by atoms with Crippen molar-refractivity contribution in [1.82, 2.24) is 0 Å². The summed E-state index contributed by atoms with van der Waals surface area (Å²) in [4.78, 5) is 0. The molecule has 0 bridgehead atoms. The monoisotopic (exact) mass is 319 g/mol. The minimum absolute atomic E-state index is 0.454. The molecule has 0 aliphatic rings. The Morgan fingerprint density at radius 1 is 0.609 bits per heavy atom. The summed E-state index contributed by atoms with van der Waals surface area (Å²) in [6, 6.07) is 7.71. The Hall–Kier alpha value is -1.02. The van der Waals surface area contributed by atoms with Crippen molar-refractivity contribution in [1.29, 1.82) is 0 Å². The molecule has 0 saturated heterocycles. The predicted octanol–water partition coefficient (Wildman–Crippen LogP) is 5.96. The number of aryl methyl sites for hydroxylation is 1. The van der Waals surface area contributed by atoms with Gasteiger partial charge < -0.3 is 10.8 Å². The standard InChI is InChI=1S/C21H37NO/c22-19-15-11-9-7-5-3-1-2-4-6-8-10-12-16-20-17-13-14-18-21(20)23/h13-14,17-18,23H,1-12,15-16,19,22H2. The number of unbranched alkanes of at least 4 members (excludes halogenated alkanes) is 12. The van der Waals surface area contributed by atoms with E-state index in [4.69, 9.17) is 5.73 Å². The summed E-state index contributed by atoms with van der Waals surface area (Å²) < 4.78 is 0. The van der Waals surface area contributed by atoms with Crippen molar-refractivity contribution < 1.29 is 5.11 Å². The minimum Gasteiger partial charge on any atom is -0.508 e. The van der Waals surface area contributed by atoms with Gasteiger partial charge in [0.2, 0.25) is 0 Å². The summed E-state index contributed by atoms with van der Waals surface area (Å²) in [6.07, 6.45) is 18.5. The van der Waals surface area contributed by atoms with Gasteiger partial charge in [0, 0.05) is 0 Å².